The van der Waals surface area contributed by atoms with Crippen LogP contribution >= 0.6 is 23.5 Å². The third-order valence-electron chi connectivity index (χ3n) is 2.12. The molecule has 6 heteroatoms. The molecular weight excluding hydrogens is 308 g/mol. The minimum Gasteiger partial charge on any atom is -0.457 e. The van der Waals surface area contributed by atoms with E-state index in [0.29, 0.717) is 11.1 Å². The Morgan fingerprint density at radius 2 is 1.24 bits per heavy atom. The summed E-state index contributed by atoms with van der Waals surface area (Å²) in [5, 5.41) is -0.329. The van der Waals surface area contributed by atoms with E-state index in [1.165, 1.54) is 6.92 Å². The minimum atomic E-state index is -0.559. The fraction of sp³-hybridized carbons (Fsp3) is 0.400. The molecule has 0 heterocycles. The Morgan fingerprint density at radius 3 is 1.52 bits per heavy atom. The Bertz CT molecular complexity index is 450. The molecule has 0 bridgehead atoms. The first kappa shape index (κ1) is 19.7. The number of carbonyl (C=O) groups excluding carboxylic acids is 3. The van der Waals surface area contributed by atoms with Crippen LogP contribution in [0, 0.1) is 0 Å². The third kappa shape index (κ3) is 8.57. The van der Waals surface area contributed by atoms with Gasteiger partial charge in [0.25, 0.3) is 0 Å². The quantitative estimate of drug-likeness (QED) is 0.504. The molecule has 0 saturated heterocycles. The standard InChI is InChI=1S/C15H20O4S2/c1-9(2)13(16)19-12(7-20-14(17)10(3)4)8-21-15(18)11(5)6/h12H,1,3,5,7-8H2,2,4,6H3. The monoisotopic (exact) mass is 328 g/mol. The van der Waals surface area contributed by atoms with Crippen molar-refractivity contribution in [2.24, 2.45) is 0 Å². The molecule has 0 aromatic carbocycles. The fourth-order valence-corrected chi connectivity index (χ4v) is 2.64. The Hall–Kier alpha value is -1.27. The van der Waals surface area contributed by atoms with Crippen molar-refractivity contribution in [3.8, 4) is 0 Å². The van der Waals surface area contributed by atoms with Gasteiger partial charge in [0.2, 0.25) is 10.2 Å². The van der Waals surface area contributed by atoms with Gasteiger partial charge in [0.1, 0.15) is 6.10 Å². The first-order chi connectivity index (χ1) is 9.65. The number of hydrogen-bond donors (Lipinski definition) is 0. The van der Waals surface area contributed by atoms with E-state index in [1.54, 1.807) is 13.8 Å². The average Bonchev–Trinajstić information content (AvgIpc) is 2.40. The zero-order valence-corrected chi connectivity index (χ0v) is 14.2. The molecule has 4 nitrogen and oxygen atoms in total. The molecule has 0 aliphatic carbocycles. The van der Waals surface area contributed by atoms with Crippen LogP contribution in [-0.4, -0.2) is 33.8 Å². The molecule has 0 aliphatic heterocycles. The molecule has 0 N–H and O–H groups in total. The van der Waals surface area contributed by atoms with Crippen molar-refractivity contribution in [2.75, 3.05) is 11.5 Å². The van der Waals surface area contributed by atoms with E-state index in [1.807, 2.05) is 0 Å². The van der Waals surface area contributed by atoms with Crippen LogP contribution < -0.4 is 0 Å². The summed E-state index contributed by atoms with van der Waals surface area (Å²) in [6, 6.07) is 0. The number of hydrogen-bond acceptors (Lipinski definition) is 6. The summed E-state index contributed by atoms with van der Waals surface area (Å²) < 4.78 is 5.23. The van der Waals surface area contributed by atoms with Crippen molar-refractivity contribution in [3.63, 3.8) is 0 Å². The molecule has 0 saturated carbocycles. The highest BCUT2D eigenvalue weighted by atomic mass is 32.2. The Morgan fingerprint density at radius 1 is 0.857 bits per heavy atom. The van der Waals surface area contributed by atoms with E-state index < -0.39 is 12.1 Å². The maximum absolute atomic E-state index is 11.6. The molecule has 21 heavy (non-hydrogen) atoms. The number of carbonyl (C=O) groups is 3. The summed E-state index contributed by atoms with van der Waals surface area (Å²) in [4.78, 5) is 34.6. The van der Waals surface area contributed by atoms with Crippen LogP contribution in [0.25, 0.3) is 0 Å². The molecule has 0 aromatic rings. The van der Waals surface area contributed by atoms with Gasteiger partial charge in [-0.25, -0.2) is 4.79 Å². The highest BCUT2D eigenvalue weighted by molar-refractivity contribution is 8.15. The maximum Gasteiger partial charge on any atom is 0.333 e. The zero-order valence-electron chi connectivity index (χ0n) is 12.6. The molecule has 0 fully saturated rings. The van der Waals surface area contributed by atoms with Crippen LogP contribution in [0.1, 0.15) is 20.8 Å². The lowest BCUT2D eigenvalue weighted by Gasteiger charge is -2.16. The first-order valence-electron chi connectivity index (χ1n) is 6.16. The topological polar surface area (TPSA) is 60.4 Å². The van der Waals surface area contributed by atoms with Crippen LogP contribution in [0.5, 0.6) is 0 Å². The van der Waals surface area contributed by atoms with Crippen molar-refractivity contribution < 1.29 is 19.1 Å². The van der Waals surface area contributed by atoms with E-state index in [9.17, 15) is 14.4 Å². The number of thioether (sulfide) groups is 2. The van der Waals surface area contributed by atoms with Gasteiger partial charge in [0.05, 0.1) is 0 Å². The molecule has 0 spiro atoms. The second-order valence-corrected chi connectivity index (χ2v) is 6.55. The van der Waals surface area contributed by atoms with Gasteiger partial charge in [0, 0.05) is 17.1 Å². The van der Waals surface area contributed by atoms with Crippen LogP contribution in [0.15, 0.2) is 36.5 Å². The lowest BCUT2D eigenvalue weighted by atomic mass is 10.3. The second-order valence-electron chi connectivity index (χ2n) is 4.57. The van der Waals surface area contributed by atoms with Gasteiger partial charge < -0.3 is 4.74 Å². The number of esters is 1. The number of rotatable bonds is 8. The highest BCUT2D eigenvalue weighted by Crippen LogP contribution is 2.18. The summed E-state index contributed by atoms with van der Waals surface area (Å²) in [5.74, 6) is -0.00529. The molecule has 0 aromatic heterocycles. The second kappa shape index (κ2) is 9.63. The summed E-state index contributed by atoms with van der Waals surface area (Å²) in [6.45, 7) is 15.4. The molecule has 0 atom stereocenters. The van der Waals surface area contributed by atoms with Gasteiger partial charge in [0.15, 0.2) is 0 Å². The van der Waals surface area contributed by atoms with E-state index in [2.05, 4.69) is 19.7 Å². The third-order valence-corrected chi connectivity index (χ3v) is 4.42. The predicted molar refractivity (Wildman–Crippen MR) is 89.3 cm³/mol. The fourth-order valence-electron chi connectivity index (χ4n) is 0.952. The predicted octanol–water partition coefficient (Wildman–Crippen LogP) is 3.15. The van der Waals surface area contributed by atoms with Gasteiger partial charge in [-0.2, -0.15) is 0 Å². The minimum absolute atomic E-state index is 0.164. The summed E-state index contributed by atoms with van der Waals surface area (Å²) >= 11 is 2.03. The van der Waals surface area contributed by atoms with E-state index in [-0.39, 0.29) is 27.3 Å². The summed E-state index contributed by atoms with van der Waals surface area (Å²) in [5.41, 5.74) is 1.12. The van der Waals surface area contributed by atoms with Gasteiger partial charge in [-0.3, -0.25) is 9.59 Å². The Labute approximate surface area is 134 Å². The van der Waals surface area contributed by atoms with Crippen molar-refractivity contribution in [2.45, 2.75) is 26.9 Å². The largest absolute Gasteiger partial charge is 0.457 e. The Kier molecular flexibility index (Phi) is 9.05. The highest BCUT2D eigenvalue weighted by Gasteiger charge is 2.19. The molecule has 0 amide bonds. The summed E-state index contributed by atoms with van der Waals surface area (Å²) in [6.07, 6.45) is -0.559. The molecule has 0 rings (SSSR count). The van der Waals surface area contributed by atoms with E-state index in [0.717, 1.165) is 23.5 Å². The smallest absolute Gasteiger partial charge is 0.333 e. The maximum atomic E-state index is 11.6. The zero-order chi connectivity index (χ0) is 16.6. The first-order valence-corrected chi connectivity index (χ1v) is 8.14. The van der Waals surface area contributed by atoms with Crippen molar-refractivity contribution >= 4 is 39.7 Å². The van der Waals surface area contributed by atoms with Crippen molar-refractivity contribution in [1.29, 1.82) is 0 Å². The van der Waals surface area contributed by atoms with E-state index >= 15 is 0 Å². The van der Waals surface area contributed by atoms with Gasteiger partial charge >= 0.3 is 5.97 Å². The summed E-state index contributed by atoms with van der Waals surface area (Å²) in [7, 11) is 0. The molecular formula is C15H20O4S2. The van der Waals surface area contributed by atoms with Crippen molar-refractivity contribution in [3.05, 3.63) is 36.5 Å². The van der Waals surface area contributed by atoms with Crippen LogP contribution in [0.3, 0.4) is 0 Å². The van der Waals surface area contributed by atoms with Crippen LogP contribution in [-0.2, 0) is 19.1 Å². The van der Waals surface area contributed by atoms with Crippen LogP contribution in [0.4, 0.5) is 0 Å². The SMILES string of the molecule is C=C(C)C(=O)OC(CSC(=O)C(=C)C)CSC(=O)C(=C)C. The van der Waals surface area contributed by atoms with Gasteiger partial charge in [-0.15, -0.1) is 0 Å². The van der Waals surface area contributed by atoms with Gasteiger partial charge in [-0.05, 0) is 31.9 Å². The van der Waals surface area contributed by atoms with E-state index in [4.69, 9.17) is 4.74 Å². The number of ether oxygens (including phenoxy) is 1. The Balaban J connectivity index is 4.61. The lowest BCUT2D eigenvalue weighted by molar-refractivity contribution is -0.142. The molecule has 0 unspecified atom stereocenters. The lowest BCUT2D eigenvalue weighted by Crippen LogP contribution is -2.25. The normalized spacial score (nSPS) is 10.1. The van der Waals surface area contributed by atoms with Crippen molar-refractivity contribution in [1.82, 2.24) is 0 Å². The van der Waals surface area contributed by atoms with Gasteiger partial charge in [-0.1, -0.05) is 43.3 Å². The molecule has 0 radical (unpaired) electrons. The van der Waals surface area contributed by atoms with Crippen LogP contribution in [0.2, 0.25) is 0 Å². The molecule has 116 valence electrons. The average molecular weight is 328 g/mol. The molecule has 0 aliphatic rings.